The van der Waals surface area contributed by atoms with E-state index in [1.165, 1.54) is 12.3 Å². The van der Waals surface area contributed by atoms with Gasteiger partial charge in [-0.25, -0.2) is 9.78 Å². The molecule has 0 fully saturated rings. The number of pyridine rings is 1. The van der Waals surface area contributed by atoms with Crippen molar-refractivity contribution in [1.29, 1.82) is 0 Å². The lowest BCUT2D eigenvalue weighted by atomic mass is 10.2. The lowest BCUT2D eigenvalue weighted by Gasteiger charge is -1.92. The Morgan fingerprint density at radius 3 is 2.67 bits per heavy atom. The van der Waals surface area contributed by atoms with Gasteiger partial charge in [-0.1, -0.05) is 0 Å². The van der Waals surface area contributed by atoms with Crippen LogP contribution in [0.1, 0.15) is 0 Å². The zero-order valence-corrected chi connectivity index (χ0v) is 8.90. The molecule has 0 aliphatic heterocycles. The Hall–Kier alpha value is -2.90. The van der Waals surface area contributed by atoms with Crippen LogP contribution < -0.4 is 16.8 Å². The van der Waals surface area contributed by atoms with Crippen molar-refractivity contribution in [2.75, 3.05) is 0 Å². The predicted octanol–water partition coefficient (Wildman–Crippen LogP) is -0.705. The molecule has 0 amide bonds. The molecular formula is C10H7N5O3. The van der Waals surface area contributed by atoms with Crippen LogP contribution in [0.2, 0.25) is 0 Å². The Bertz CT molecular complexity index is 898. The lowest BCUT2D eigenvalue weighted by molar-refractivity contribution is 1.07. The van der Waals surface area contributed by atoms with Crippen molar-refractivity contribution in [2.24, 2.45) is 0 Å². The molecule has 8 nitrogen and oxygen atoms in total. The van der Waals surface area contributed by atoms with Gasteiger partial charge in [0.05, 0.1) is 0 Å². The summed E-state index contributed by atoms with van der Waals surface area (Å²) in [5.41, 5.74) is -0.636. The average Bonchev–Trinajstić information content (AvgIpc) is 2.73. The number of nitrogens with one attached hydrogen (secondary N) is 4. The third kappa shape index (κ3) is 1.56. The van der Waals surface area contributed by atoms with Crippen LogP contribution in [0.4, 0.5) is 0 Å². The fourth-order valence-electron chi connectivity index (χ4n) is 1.66. The fourth-order valence-corrected chi connectivity index (χ4v) is 1.66. The molecule has 8 heteroatoms. The van der Waals surface area contributed by atoms with E-state index < -0.39 is 11.2 Å². The van der Waals surface area contributed by atoms with Gasteiger partial charge in [0.2, 0.25) is 5.56 Å². The molecule has 0 aliphatic carbocycles. The molecule has 3 heterocycles. The molecule has 0 spiro atoms. The summed E-state index contributed by atoms with van der Waals surface area (Å²) in [7, 11) is 0. The molecule has 3 aromatic rings. The van der Waals surface area contributed by atoms with Gasteiger partial charge in [-0.15, -0.1) is 0 Å². The number of hydrogen-bond donors (Lipinski definition) is 4. The second-order valence-corrected chi connectivity index (χ2v) is 3.66. The minimum atomic E-state index is -0.628. The van der Waals surface area contributed by atoms with Gasteiger partial charge in [0.15, 0.2) is 5.65 Å². The molecule has 3 aromatic heterocycles. The van der Waals surface area contributed by atoms with E-state index in [-0.39, 0.29) is 16.7 Å². The molecule has 90 valence electrons. The smallest absolute Gasteiger partial charge is 0.327 e. The van der Waals surface area contributed by atoms with Crippen molar-refractivity contribution in [1.82, 2.24) is 24.9 Å². The Morgan fingerprint density at radius 1 is 1.06 bits per heavy atom. The molecule has 0 saturated carbocycles. The molecular weight excluding hydrogens is 238 g/mol. The molecule has 0 aromatic carbocycles. The number of nitrogens with zero attached hydrogens (tertiary/aromatic N) is 1. The third-order valence-corrected chi connectivity index (χ3v) is 2.44. The normalized spacial score (nSPS) is 10.9. The van der Waals surface area contributed by atoms with Gasteiger partial charge in [0.25, 0.3) is 5.56 Å². The van der Waals surface area contributed by atoms with Crippen LogP contribution in [0.25, 0.3) is 22.6 Å². The molecule has 18 heavy (non-hydrogen) atoms. The first-order valence-electron chi connectivity index (χ1n) is 5.05. The maximum absolute atomic E-state index is 11.5. The topological polar surface area (TPSA) is 127 Å². The first kappa shape index (κ1) is 10.3. The van der Waals surface area contributed by atoms with Crippen LogP contribution >= 0.6 is 0 Å². The first-order valence-corrected chi connectivity index (χ1v) is 5.05. The monoisotopic (exact) mass is 245 g/mol. The van der Waals surface area contributed by atoms with Gasteiger partial charge in [-0.2, -0.15) is 0 Å². The summed E-state index contributed by atoms with van der Waals surface area (Å²) in [6, 6.07) is 2.97. The van der Waals surface area contributed by atoms with Crippen LogP contribution in [0.3, 0.4) is 0 Å². The summed E-state index contributed by atoms with van der Waals surface area (Å²) < 4.78 is 0. The zero-order valence-electron chi connectivity index (χ0n) is 8.90. The zero-order chi connectivity index (χ0) is 12.7. The van der Waals surface area contributed by atoms with E-state index in [4.69, 9.17) is 0 Å². The number of rotatable bonds is 1. The van der Waals surface area contributed by atoms with Crippen molar-refractivity contribution in [3.05, 3.63) is 49.5 Å². The Balaban J connectivity index is 2.32. The van der Waals surface area contributed by atoms with Gasteiger partial charge in [-0.05, 0) is 6.07 Å². The molecule has 0 unspecified atom stereocenters. The summed E-state index contributed by atoms with van der Waals surface area (Å²) in [5.74, 6) is 0.337. The summed E-state index contributed by atoms with van der Waals surface area (Å²) in [5, 5.41) is 0. The fraction of sp³-hybridized carbons (Fsp3) is 0. The van der Waals surface area contributed by atoms with Gasteiger partial charge < -0.3 is 9.97 Å². The van der Waals surface area contributed by atoms with Crippen molar-refractivity contribution < 1.29 is 0 Å². The second kappa shape index (κ2) is 3.55. The number of H-pyrrole nitrogens is 4. The van der Waals surface area contributed by atoms with Gasteiger partial charge in [-0.3, -0.25) is 19.6 Å². The van der Waals surface area contributed by atoms with Crippen LogP contribution in [0.5, 0.6) is 0 Å². The summed E-state index contributed by atoms with van der Waals surface area (Å²) in [6.45, 7) is 0. The SMILES string of the molecule is O=c1cc(-c2nc3[nH]c(=O)[nH]c(=O)c3[nH]2)cc[nH]1. The molecule has 0 atom stereocenters. The standard InChI is InChI=1S/C10H7N5O3/c16-5-3-4(1-2-11-5)7-12-6-8(13-7)14-10(18)15-9(6)17/h1-3H,(H,11,16)(H3,12,13,14,15,17,18). The Labute approximate surface area is 97.7 Å². The molecule has 3 rings (SSSR count). The van der Waals surface area contributed by atoms with Crippen LogP contribution in [0.15, 0.2) is 32.7 Å². The van der Waals surface area contributed by atoms with E-state index in [1.807, 2.05) is 0 Å². The van der Waals surface area contributed by atoms with Gasteiger partial charge in [0, 0.05) is 17.8 Å². The number of aromatic nitrogens is 5. The minimum Gasteiger partial charge on any atom is -0.332 e. The van der Waals surface area contributed by atoms with E-state index in [0.29, 0.717) is 11.4 Å². The van der Waals surface area contributed by atoms with E-state index in [2.05, 4.69) is 24.9 Å². The Kier molecular flexibility index (Phi) is 2.03. The van der Waals surface area contributed by atoms with Crippen LogP contribution in [0, 0.1) is 0 Å². The highest BCUT2D eigenvalue weighted by Gasteiger charge is 2.09. The van der Waals surface area contributed by atoms with Crippen molar-refractivity contribution in [2.45, 2.75) is 0 Å². The Morgan fingerprint density at radius 2 is 1.89 bits per heavy atom. The molecule has 0 aliphatic rings. The summed E-state index contributed by atoms with van der Waals surface area (Å²) >= 11 is 0. The number of hydrogen-bond acceptors (Lipinski definition) is 4. The van der Waals surface area contributed by atoms with E-state index in [0.717, 1.165) is 0 Å². The van der Waals surface area contributed by atoms with E-state index in [1.54, 1.807) is 6.07 Å². The van der Waals surface area contributed by atoms with Gasteiger partial charge >= 0.3 is 5.69 Å². The highest BCUT2D eigenvalue weighted by atomic mass is 16.2. The van der Waals surface area contributed by atoms with Crippen molar-refractivity contribution in [3.63, 3.8) is 0 Å². The largest absolute Gasteiger partial charge is 0.332 e. The van der Waals surface area contributed by atoms with Gasteiger partial charge in [0.1, 0.15) is 11.3 Å². The van der Waals surface area contributed by atoms with Crippen LogP contribution in [-0.2, 0) is 0 Å². The minimum absolute atomic E-state index is 0.152. The highest BCUT2D eigenvalue weighted by molar-refractivity contribution is 5.74. The lowest BCUT2D eigenvalue weighted by Crippen LogP contribution is -2.21. The highest BCUT2D eigenvalue weighted by Crippen LogP contribution is 2.14. The summed E-state index contributed by atoms with van der Waals surface area (Å²) in [6.07, 6.45) is 1.47. The van der Waals surface area contributed by atoms with E-state index >= 15 is 0 Å². The molecule has 0 bridgehead atoms. The molecule has 4 N–H and O–H groups in total. The van der Waals surface area contributed by atoms with Crippen molar-refractivity contribution in [3.8, 4) is 11.4 Å². The quantitative estimate of drug-likeness (QED) is 0.451. The maximum atomic E-state index is 11.5. The maximum Gasteiger partial charge on any atom is 0.327 e. The predicted molar refractivity (Wildman–Crippen MR) is 63.4 cm³/mol. The molecule has 0 saturated heterocycles. The summed E-state index contributed by atoms with van der Waals surface area (Å²) in [4.78, 5) is 47.5. The first-order chi connectivity index (χ1) is 8.63. The van der Waals surface area contributed by atoms with Crippen molar-refractivity contribution >= 4 is 11.2 Å². The number of imidazole rings is 1. The third-order valence-electron chi connectivity index (χ3n) is 2.44. The van der Waals surface area contributed by atoms with Crippen LogP contribution in [-0.4, -0.2) is 24.9 Å². The second-order valence-electron chi connectivity index (χ2n) is 3.66. The number of aromatic amines is 4. The molecule has 0 radical (unpaired) electrons. The average molecular weight is 245 g/mol. The number of fused-ring (bicyclic) bond motifs is 1. The van der Waals surface area contributed by atoms with E-state index in [9.17, 15) is 14.4 Å².